The smallest absolute Gasteiger partial charge is 0.315 e. The first kappa shape index (κ1) is 40.8. The van der Waals surface area contributed by atoms with Crippen LogP contribution in [0.2, 0.25) is 0 Å². The number of nitrogens with zero attached hydrogens (tertiary/aromatic N) is 2. The second-order valence-electron chi connectivity index (χ2n) is 12.9. The normalized spacial score (nSPS) is 21.0. The molecule has 0 amide bonds. The summed E-state index contributed by atoms with van der Waals surface area (Å²) < 4.78 is 33.5. The Bertz CT molecular complexity index is 624. The Morgan fingerprint density at radius 2 is 0.756 bits per heavy atom. The average Bonchev–Trinajstić information content (AvgIpc) is 2.95. The predicted octanol–water partition coefficient (Wildman–Crippen LogP) is 9.34. The van der Waals surface area contributed by atoms with Crippen LogP contribution >= 0.6 is 0 Å². The molecule has 0 spiro atoms. The van der Waals surface area contributed by atoms with Gasteiger partial charge >= 0.3 is 10.4 Å². The van der Waals surface area contributed by atoms with Crippen LogP contribution in [0.1, 0.15) is 163 Å². The standard InChI is InChI=1S/C32H68N2.C2H6O4S/c1-5-9-11-13-15-17-19-21-23-25-27-33(7-3)29-31-34(8-4,32-30-33)28-26-24-22-20-18-16-14-12-10-6-2;1-2-6-7(3,4)5/h5-32H2,1-4H3;2H2,1H3,(H,3,4,5)/q+2;. The van der Waals surface area contributed by atoms with Crippen molar-refractivity contribution in [3.8, 4) is 0 Å². The summed E-state index contributed by atoms with van der Waals surface area (Å²) in [6.07, 6.45) is 29.2. The minimum atomic E-state index is -4.17. The number of rotatable bonds is 26. The summed E-state index contributed by atoms with van der Waals surface area (Å²) in [6, 6.07) is 0. The van der Waals surface area contributed by atoms with E-state index >= 15 is 0 Å². The molecule has 1 N–H and O–H groups in total. The quantitative estimate of drug-likeness (QED) is 0.0605. The fourth-order valence-electron chi connectivity index (χ4n) is 6.49. The lowest BCUT2D eigenvalue weighted by Gasteiger charge is -2.49. The first-order valence-corrected chi connectivity index (χ1v) is 19.4. The highest BCUT2D eigenvalue weighted by Gasteiger charge is 2.39. The maximum atomic E-state index is 9.56. The summed E-state index contributed by atoms with van der Waals surface area (Å²) in [7, 11) is -4.17. The molecular formula is C34H74N2O4S+2. The minimum Gasteiger partial charge on any atom is -0.315 e. The molecule has 1 aliphatic rings. The lowest BCUT2D eigenvalue weighted by Crippen LogP contribution is -2.67. The van der Waals surface area contributed by atoms with Crippen molar-refractivity contribution in [2.75, 3.05) is 59.0 Å². The van der Waals surface area contributed by atoms with E-state index in [4.69, 9.17) is 4.55 Å². The number of piperazine rings is 1. The van der Waals surface area contributed by atoms with Gasteiger partial charge in [0.2, 0.25) is 0 Å². The van der Waals surface area contributed by atoms with E-state index in [0.29, 0.717) is 0 Å². The summed E-state index contributed by atoms with van der Waals surface area (Å²) in [5, 5.41) is 0. The van der Waals surface area contributed by atoms with Gasteiger partial charge in [0.05, 0.1) is 32.8 Å². The van der Waals surface area contributed by atoms with Crippen LogP contribution in [0.5, 0.6) is 0 Å². The van der Waals surface area contributed by atoms with Crippen LogP contribution in [-0.4, -0.2) is 80.9 Å². The number of unbranched alkanes of at least 4 members (excludes halogenated alkanes) is 18. The van der Waals surface area contributed by atoms with Crippen molar-refractivity contribution in [3.05, 3.63) is 0 Å². The number of quaternary nitrogens is 2. The van der Waals surface area contributed by atoms with E-state index in [1.165, 1.54) is 197 Å². The van der Waals surface area contributed by atoms with E-state index in [1.807, 2.05) is 0 Å². The molecule has 0 unspecified atom stereocenters. The zero-order chi connectivity index (χ0) is 30.7. The Hall–Kier alpha value is -0.210. The number of hydrogen-bond acceptors (Lipinski definition) is 3. The van der Waals surface area contributed by atoms with Gasteiger partial charge in [-0.3, -0.25) is 4.55 Å². The average molecular weight is 607 g/mol. The van der Waals surface area contributed by atoms with Gasteiger partial charge in [-0.2, -0.15) is 8.42 Å². The zero-order valence-corrected chi connectivity index (χ0v) is 29.3. The van der Waals surface area contributed by atoms with Crippen molar-refractivity contribution in [2.45, 2.75) is 163 Å². The van der Waals surface area contributed by atoms with E-state index in [9.17, 15) is 8.42 Å². The van der Waals surface area contributed by atoms with E-state index in [2.05, 4.69) is 31.9 Å². The fraction of sp³-hybridized carbons (Fsp3) is 1.00. The van der Waals surface area contributed by atoms with Crippen molar-refractivity contribution in [3.63, 3.8) is 0 Å². The third-order valence-corrected chi connectivity index (χ3v) is 10.2. The molecule has 7 heteroatoms. The largest absolute Gasteiger partial charge is 0.397 e. The van der Waals surface area contributed by atoms with Gasteiger partial charge in [-0.1, -0.05) is 117 Å². The van der Waals surface area contributed by atoms with Crippen LogP contribution in [0.3, 0.4) is 0 Å². The maximum absolute atomic E-state index is 9.56. The lowest BCUT2D eigenvalue weighted by molar-refractivity contribution is -1.03. The summed E-state index contributed by atoms with van der Waals surface area (Å²) in [5.41, 5.74) is 0. The molecule has 0 aliphatic carbocycles. The Balaban J connectivity index is 0.00000201. The third kappa shape index (κ3) is 22.9. The molecule has 0 radical (unpaired) electrons. The number of likely N-dealkylation sites (N-methyl/N-ethyl adjacent to an activating group) is 2. The molecule has 1 heterocycles. The van der Waals surface area contributed by atoms with Gasteiger partial charge in [0, 0.05) is 0 Å². The van der Waals surface area contributed by atoms with E-state index in [1.54, 1.807) is 0 Å². The highest BCUT2D eigenvalue weighted by atomic mass is 32.3. The zero-order valence-electron chi connectivity index (χ0n) is 28.5. The Morgan fingerprint density at radius 1 is 0.488 bits per heavy atom. The summed E-state index contributed by atoms with van der Waals surface area (Å²) in [6.45, 7) is 22.4. The van der Waals surface area contributed by atoms with Crippen LogP contribution in [0.15, 0.2) is 0 Å². The molecule has 6 nitrogen and oxygen atoms in total. The van der Waals surface area contributed by atoms with E-state index in [-0.39, 0.29) is 6.61 Å². The van der Waals surface area contributed by atoms with Gasteiger partial charge in [-0.25, -0.2) is 4.18 Å². The Kier molecular flexibility index (Phi) is 26.1. The van der Waals surface area contributed by atoms with Crippen LogP contribution < -0.4 is 0 Å². The molecule has 0 aromatic rings. The number of hydrogen-bond donors (Lipinski definition) is 1. The first-order chi connectivity index (χ1) is 19.7. The van der Waals surface area contributed by atoms with Gasteiger partial charge in [0.25, 0.3) is 0 Å². The van der Waals surface area contributed by atoms with E-state index in [0.717, 1.165) is 0 Å². The van der Waals surface area contributed by atoms with Crippen LogP contribution in [-0.2, 0) is 14.6 Å². The van der Waals surface area contributed by atoms with Crippen LogP contribution in [0, 0.1) is 0 Å². The van der Waals surface area contributed by atoms with Crippen LogP contribution in [0.25, 0.3) is 0 Å². The highest BCUT2D eigenvalue weighted by Crippen LogP contribution is 2.23. The minimum absolute atomic E-state index is 0.0289. The second-order valence-corrected chi connectivity index (χ2v) is 13.9. The maximum Gasteiger partial charge on any atom is 0.397 e. The third-order valence-electron chi connectivity index (χ3n) is 9.68. The predicted molar refractivity (Wildman–Crippen MR) is 178 cm³/mol. The molecule has 1 fully saturated rings. The second kappa shape index (κ2) is 26.2. The molecule has 1 aliphatic heterocycles. The SMILES string of the molecule is CCCCCCCCCCCC[N+]1(CC)CC[N+](CC)(CCCCCCCCCCCC)CC1.CCOS(=O)(=O)O. The topological polar surface area (TPSA) is 63.6 Å². The fourth-order valence-corrected chi connectivity index (χ4v) is 6.78. The molecule has 41 heavy (non-hydrogen) atoms. The van der Waals surface area contributed by atoms with Crippen molar-refractivity contribution in [1.82, 2.24) is 0 Å². The first-order valence-electron chi connectivity index (χ1n) is 18.0. The van der Waals surface area contributed by atoms with Gasteiger partial charge in [0.15, 0.2) is 0 Å². The summed E-state index contributed by atoms with van der Waals surface area (Å²) in [5.74, 6) is 0. The molecule has 0 atom stereocenters. The molecule has 0 bridgehead atoms. The summed E-state index contributed by atoms with van der Waals surface area (Å²) >= 11 is 0. The van der Waals surface area contributed by atoms with Crippen molar-refractivity contribution >= 4 is 10.4 Å². The molecule has 0 aromatic carbocycles. The highest BCUT2D eigenvalue weighted by molar-refractivity contribution is 7.80. The molecule has 0 saturated carbocycles. The van der Waals surface area contributed by atoms with Gasteiger partial charge < -0.3 is 8.97 Å². The van der Waals surface area contributed by atoms with Crippen molar-refractivity contribution in [2.24, 2.45) is 0 Å². The van der Waals surface area contributed by atoms with Crippen LogP contribution in [0.4, 0.5) is 0 Å². The molecule has 0 aromatic heterocycles. The molecular weight excluding hydrogens is 532 g/mol. The Labute approximate surface area is 258 Å². The molecule has 248 valence electrons. The monoisotopic (exact) mass is 607 g/mol. The summed E-state index contributed by atoms with van der Waals surface area (Å²) in [4.78, 5) is 0. The van der Waals surface area contributed by atoms with Gasteiger partial charge in [-0.05, 0) is 46.5 Å². The van der Waals surface area contributed by atoms with Crippen molar-refractivity contribution in [1.29, 1.82) is 0 Å². The van der Waals surface area contributed by atoms with Crippen molar-refractivity contribution < 1.29 is 26.1 Å². The Morgan fingerprint density at radius 3 is 0.951 bits per heavy atom. The molecule has 1 saturated heterocycles. The van der Waals surface area contributed by atoms with E-state index < -0.39 is 10.4 Å². The molecule has 1 rings (SSSR count). The lowest BCUT2D eigenvalue weighted by atomic mass is 10.0. The van der Waals surface area contributed by atoms with Gasteiger partial charge in [0.1, 0.15) is 26.2 Å². The van der Waals surface area contributed by atoms with Gasteiger partial charge in [-0.15, -0.1) is 0 Å².